The number of hydrogen-bond donors (Lipinski definition) is 3. The molecule has 0 atom stereocenters. The fourth-order valence-corrected chi connectivity index (χ4v) is 1.12. The van der Waals surface area contributed by atoms with E-state index < -0.39 is 11.9 Å². The molecule has 0 aliphatic heterocycles. The highest BCUT2D eigenvalue weighted by Gasteiger charge is 2.01. The molecule has 0 bridgehead atoms. The van der Waals surface area contributed by atoms with Crippen molar-refractivity contribution in [1.29, 1.82) is 0 Å². The average Bonchev–Trinajstić information content (AvgIpc) is 2.18. The fraction of sp³-hybridized carbons (Fsp3) is 0. The predicted octanol–water partition coefficient (Wildman–Crippen LogP) is 1.55. The first kappa shape index (κ1) is 11.3. The Morgan fingerprint density at radius 3 is 2.53 bits per heavy atom. The Morgan fingerprint density at radius 1 is 1.27 bits per heavy atom. The number of nitrogens with one attached hydrogen (secondary N) is 1. The van der Waals surface area contributed by atoms with Gasteiger partial charge in [-0.1, -0.05) is 12.1 Å². The normalized spacial score (nSPS) is 10.2. The first-order chi connectivity index (χ1) is 7.09. The van der Waals surface area contributed by atoms with E-state index in [4.69, 9.17) is 5.11 Å². The van der Waals surface area contributed by atoms with Gasteiger partial charge in [0.25, 0.3) is 0 Å². The number of hydrogen-bond acceptors (Lipinski definition) is 3. The number of carboxylic acids is 1. The summed E-state index contributed by atoms with van der Waals surface area (Å²) in [4.78, 5) is 21.9. The number of amides is 1. The highest BCUT2D eigenvalue weighted by atomic mass is 32.1. The van der Waals surface area contributed by atoms with Crippen molar-refractivity contribution >= 4 is 30.2 Å². The van der Waals surface area contributed by atoms with E-state index >= 15 is 0 Å². The van der Waals surface area contributed by atoms with E-state index in [0.717, 1.165) is 12.2 Å². The lowest BCUT2D eigenvalue weighted by Crippen LogP contribution is -2.09. The summed E-state index contributed by atoms with van der Waals surface area (Å²) in [7, 11) is 0. The van der Waals surface area contributed by atoms with Crippen LogP contribution in [0.25, 0.3) is 0 Å². The molecule has 0 aliphatic rings. The zero-order valence-electron chi connectivity index (χ0n) is 7.68. The Morgan fingerprint density at radius 2 is 1.93 bits per heavy atom. The number of carboxylic acid groups (broad SMARTS) is 1. The molecule has 1 amide bonds. The lowest BCUT2D eigenvalue weighted by atomic mass is 10.3. The second kappa shape index (κ2) is 5.21. The lowest BCUT2D eigenvalue weighted by molar-refractivity contribution is -0.131. The molecule has 15 heavy (non-hydrogen) atoms. The molecular weight excluding hydrogens is 214 g/mol. The van der Waals surface area contributed by atoms with Gasteiger partial charge in [0.15, 0.2) is 0 Å². The van der Waals surface area contributed by atoms with Crippen molar-refractivity contribution in [3.05, 3.63) is 36.4 Å². The van der Waals surface area contributed by atoms with Crippen LogP contribution >= 0.6 is 12.6 Å². The molecule has 0 saturated heterocycles. The Kier molecular flexibility index (Phi) is 3.93. The number of carbonyl (C=O) groups is 2. The minimum atomic E-state index is -1.16. The first-order valence-electron chi connectivity index (χ1n) is 4.09. The molecule has 0 unspecified atom stereocenters. The van der Waals surface area contributed by atoms with Gasteiger partial charge in [0.2, 0.25) is 5.91 Å². The first-order valence-corrected chi connectivity index (χ1v) is 4.54. The molecule has 4 nitrogen and oxygen atoms in total. The van der Waals surface area contributed by atoms with Gasteiger partial charge in [-0.25, -0.2) is 4.79 Å². The van der Waals surface area contributed by atoms with E-state index in [2.05, 4.69) is 17.9 Å². The van der Waals surface area contributed by atoms with Crippen molar-refractivity contribution in [3.63, 3.8) is 0 Å². The molecule has 0 heterocycles. The van der Waals surface area contributed by atoms with Crippen molar-refractivity contribution in [2.75, 3.05) is 5.32 Å². The van der Waals surface area contributed by atoms with Crippen LogP contribution in [0.3, 0.4) is 0 Å². The molecule has 0 spiro atoms. The van der Waals surface area contributed by atoms with Crippen LogP contribution in [0, 0.1) is 0 Å². The zero-order valence-corrected chi connectivity index (χ0v) is 8.57. The SMILES string of the molecule is O=C(O)/C=C\C(=O)Nc1ccccc1S. The maximum Gasteiger partial charge on any atom is 0.328 e. The molecule has 78 valence electrons. The summed E-state index contributed by atoms with van der Waals surface area (Å²) in [6, 6.07) is 6.93. The molecule has 1 aromatic carbocycles. The van der Waals surface area contributed by atoms with Gasteiger partial charge in [-0.3, -0.25) is 4.79 Å². The smallest absolute Gasteiger partial charge is 0.328 e. The summed E-state index contributed by atoms with van der Waals surface area (Å²) in [6.45, 7) is 0. The summed E-state index contributed by atoms with van der Waals surface area (Å²) >= 11 is 4.13. The lowest BCUT2D eigenvalue weighted by Gasteiger charge is -2.03. The van der Waals surface area contributed by atoms with E-state index in [1.165, 1.54) is 0 Å². The van der Waals surface area contributed by atoms with Crippen LogP contribution in [-0.4, -0.2) is 17.0 Å². The topological polar surface area (TPSA) is 66.4 Å². The number of para-hydroxylation sites is 1. The Bertz CT molecular complexity index is 415. The molecule has 1 rings (SSSR count). The average molecular weight is 223 g/mol. The van der Waals surface area contributed by atoms with Crippen molar-refractivity contribution in [2.45, 2.75) is 4.90 Å². The van der Waals surface area contributed by atoms with Crippen LogP contribution in [0.15, 0.2) is 41.3 Å². The van der Waals surface area contributed by atoms with Crippen LogP contribution in [0.4, 0.5) is 5.69 Å². The molecule has 0 aliphatic carbocycles. The van der Waals surface area contributed by atoms with Crippen molar-refractivity contribution in [3.8, 4) is 0 Å². The fourth-order valence-electron chi connectivity index (χ4n) is 0.901. The number of thiol groups is 1. The van der Waals surface area contributed by atoms with Crippen LogP contribution in [0.5, 0.6) is 0 Å². The van der Waals surface area contributed by atoms with E-state index in [-0.39, 0.29) is 0 Å². The van der Waals surface area contributed by atoms with Gasteiger partial charge in [-0.05, 0) is 12.1 Å². The third-order valence-corrected chi connectivity index (χ3v) is 1.93. The zero-order chi connectivity index (χ0) is 11.3. The van der Waals surface area contributed by atoms with Crippen LogP contribution in [-0.2, 0) is 9.59 Å². The third kappa shape index (κ3) is 3.86. The Hall–Kier alpha value is -1.75. The molecule has 5 heteroatoms. The van der Waals surface area contributed by atoms with Gasteiger partial charge in [0, 0.05) is 17.0 Å². The van der Waals surface area contributed by atoms with Crippen LogP contribution in [0.2, 0.25) is 0 Å². The number of carbonyl (C=O) groups excluding carboxylic acids is 1. The molecule has 0 aromatic heterocycles. The summed E-state index contributed by atoms with van der Waals surface area (Å²) in [5, 5.41) is 10.8. The van der Waals surface area contributed by atoms with E-state index in [9.17, 15) is 9.59 Å². The number of anilines is 1. The summed E-state index contributed by atoms with van der Waals surface area (Å²) in [6.07, 6.45) is 1.72. The predicted molar refractivity (Wildman–Crippen MR) is 59.1 cm³/mol. The van der Waals surface area contributed by atoms with Gasteiger partial charge in [-0.15, -0.1) is 12.6 Å². The van der Waals surface area contributed by atoms with Crippen molar-refractivity contribution in [2.24, 2.45) is 0 Å². The van der Waals surface area contributed by atoms with E-state index in [0.29, 0.717) is 10.6 Å². The largest absolute Gasteiger partial charge is 0.478 e. The van der Waals surface area contributed by atoms with Crippen LogP contribution < -0.4 is 5.32 Å². The summed E-state index contributed by atoms with van der Waals surface area (Å²) in [5.41, 5.74) is 0.542. The molecule has 0 fully saturated rings. The van der Waals surface area contributed by atoms with Gasteiger partial charge in [0.1, 0.15) is 0 Å². The summed E-state index contributed by atoms with van der Waals surface area (Å²) < 4.78 is 0. The Balaban J connectivity index is 2.67. The highest BCUT2D eigenvalue weighted by molar-refractivity contribution is 7.80. The third-order valence-electron chi connectivity index (χ3n) is 1.54. The monoisotopic (exact) mass is 223 g/mol. The van der Waals surface area contributed by atoms with Crippen molar-refractivity contribution < 1.29 is 14.7 Å². The van der Waals surface area contributed by atoms with E-state index in [1.54, 1.807) is 24.3 Å². The van der Waals surface area contributed by atoms with Gasteiger partial charge in [-0.2, -0.15) is 0 Å². The molecular formula is C10H9NO3S. The summed E-state index contributed by atoms with van der Waals surface area (Å²) in [5.74, 6) is -1.66. The Labute approximate surface area is 92.0 Å². The number of aliphatic carboxylic acids is 1. The molecule has 0 radical (unpaired) electrons. The van der Waals surface area contributed by atoms with Gasteiger partial charge in [0.05, 0.1) is 5.69 Å². The quantitative estimate of drug-likeness (QED) is 0.538. The number of rotatable bonds is 3. The molecule has 0 saturated carbocycles. The number of benzene rings is 1. The minimum absolute atomic E-state index is 0.501. The van der Waals surface area contributed by atoms with Gasteiger partial charge < -0.3 is 10.4 Å². The van der Waals surface area contributed by atoms with E-state index in [1.807, 2.05) is 0 Å². The molecule has 2 N–H and O–H groups in total. The maximum atomic E-state index is 11.2. The minimum Gasteiger partial charge on any atom is -0.478 e. The second-order valence-electron chi connectivity index (χ2n) is 2.68. The van der Waals surface area contributed by atoms with Crippen molar-refractivity contribution in [1.82, 2.24) is 0 Å². The second-order valence-corrected chi connectivity index (χ2v) is 3.16. The van der Waals surface area contributed by atoms with Gasteiger partial charge >= 0.3 is 5.97 Å². The van der Waals surface area contributed by atoms with Crippen LogP contribution in [0.1, 0.15) is 0 Å². The maximum absolute atomic E-state index is 11.2. The highest BCUT2D eigenvalue weighted by Crippen LogP contribution is 2.18. The standard InChI is InChI=1S/C10H9NO3S/c12-9(5-6-10(13)14)11-7-3-1-2-4-8(7)15/h1-6,15H,(H,11,12)(H,13,14)/b6-5-. The molecule has 1 aromatic rings.